The lowest BCUT2D eigenvalue weighted by atomic mass is 9.81. The third-order valence-corrected chi connectivity index (χ3v) is 5.61. The van der Waals surface area contributed by atoms with E-state index in [1.54, 1.807) is 42.5 Å². The van der Waals surface area contributed by atoms with Crippen molar-refractivity contribution in [3.63, 3.8) is 0 Å². The third-order valence-electron chi connectivity index (χ3n) is 5.61. The largest absolute Gasteiger partial charge is 0.507 e. The molecule has 0 bridgehead atoms. The zero-order chi connectivity index (χ0) is 20.8. The molecular weight excluding hydrogens is 376 g/mol. The van der Waals surface area contributed by atoms with E-state index in [2.05, 4.69) is 0 Å². The number of allylic oxidation sites excluding steroid dienone is 1. The highest BCUT2D eigenvalue weighted by atomic mass is 16.3. The Morgan fingerprint density at radius 3 is 2.07 bits per heavy atom. The molecule has 146 valence electrons. The van der Waals surface area contributed by atoms with E-state index in [0.29, 0.717) is 27.5 Å². The standard InChI is InChI=1S/C26H18O4/c27-23-17-12-7-13-18-21(17)22(25(29)19(23)14-15-8-3-1-4-9-15)26(30)20(24(18)28)16-10-5-2-6-11-16/h1-13,27-29H,14H2. The lowest BCUT2D eigenvalue weighted by Crippen LogP contribution is -2.13. The number of Topliss-reactive ketones (excluding diaryl/α,β-unsaturated/α-hetero) is 1. The van der Waals surface area contributed by atoms with Crippen molar-refractivity contribution in [3.05, 3.63) is 107 Å². The minimum atomic E-state index is -0.464. The number of carbonyl (C=O) groups excluding carboxylic acids is 1. The highest BCUT2D eigenvalue weighted by molar-refractivity contribution is 6.41. The maximum absolute atomic E-state index is 13.5. The summed E-state index contributed by atoms with van der Waals surface area (Å²) < 4.78 is 0. The highest BCUT2D eigenvalue weighted by Gasteiger charge is 2.34. The second kappa shape index (κ2) is 6.78. The van der Waals surface area contributed by atoms with Gasteiger partial charge >= 0.3 is 0 Å². The van der Waals surface area contributed by atoms with Crippen LogP contribution in [-0.4, -0.2) is 21.1 Å². The molecule has 4 heteroatoms. The molecule has 0 radical (unpaired) electrons. The van der Waals surface area contributed by atoms with Crippen molar-refractivity contribution in [1.29, 1.82) is 0 Å². The maximum atomic E-state index is 13.5. The van der Waals surface area contributed by atoms with E-state index in [9.17, 15) is 20.1 Å². The second-order valence-electron chi connectivity index (χ2n) is 7.36. The minimum Gasteiger partial charge on any atom is -0.507 e. The van der Waals surface area contributed by atoms with Crippen LogP contribution in [0.4, 0.5) is 0 Å². The summed E-state index contributed by atoms with van der Waals surface area (Å²) in [6.07, 6.45) is 0.273. The number of ketones is 1. The average molecular weight is 394 g/mol. The van der Waals surface area contributed by atoms with Gasteiger partial charge in [-0.25, -0.2) is 0 Å². The molecule has 3 N–H and O–H groups in total. The van der Waals surface area contributed by atoms with Crippen LogP contribution < -0.4 is 0 Å². The van der Waals surface area contributed by atoms with Crippen LogP contribution in [0.25, 0.3) is 22.1 Å². The quantitative estimate of drug-likeness (QED) is 0.431. The summed E-state index contributed by atoms with van der Waals surface area (Å²) in [6.45, 7) is 0. The van der Waals surface area contributed by atoms with Crippen LogP contribution in [0, 0.1) is 0 Å². The zero-order valence-electron chi connectivity index (χ0n) is 16.0. The maximum Gasteiger partial charge on any atom is 0.201 e. The van der Waals surface area contributed by atoms with Gasteiger partial charge in [0, 0.05) is 28.3 Å². The van der Waals surface area contributed by atoms with E-state index in [1.807, 2.05) is 36.4 Å². The fourth-order valence-corrected chi connectivity index (χ4v) is 4.19. The predicted octanol–water partition coefficient (Wildman–Crippen LogP) is 5.46. The lowest BCUT2D eigenvalue weighted by Gasteiger charge is -2.23. The van der Waals surface area contributed by atoms with Crippen LogP contribution >= 0.6 is 0 Å². The number of benzene rings is 4. The van der Waals surface area contributed by atoms with Crippen molar-refractivity contribution in [2.24, 2.45) is 0 Å². The molecule has 0 aliphatic heterocycles. The number of phenolic OH excluding ortho intramolecular Hbond substituents is 2. The Labute approximate surface area is 173 Å². The van der Waals surface area contributed by atoms with E-state index < -0.39 is 5.78 Å². The first kappa shape index (κ1) is 18.0. The molecule has 0 heterocycles. The summed E-state index contributed by atoms with van der Waals surface area (Å²) >= 11 is 0. The molecule has 0 atom stereocenters. The molecule has 0 fully saturated rings. The van der Waals surface area contributed by atoms with Crippen molar-refractivity contribution >= 4 is 27.9 Å². The zero-order valence-corrected chi connectivity index (χ0v) is 16.0. The predicted molar refractivity (Wildman–Crippen MR) is 117 cm³/mol. The number of rotatable bonds is 3. The van der Waals surface area contributed by atoms with E-state index in [1.165, 1.54) is 0 Å². The van der Waals surface area contributed by atoms with E-state index in [0.717, 1.165) is 5.56 Å². The Bertz CT molecular complexity index is 1340. The lowest BCUT2D eigenvalue weighted by molar-refractivity contribution is 0.105. The summed E-state index contributed by atoms with van der Waals surface area (Å²) in [5.74, 6) is -0.948. The van der Waals surface area contributed by atoms with Gasteiger partial charge in [-0.1, -0.05) is 78.9 Å². The topological polar surface area (TPSA) is 77.8 Å². The molecule has 0 saturated carbocycles. The Kier molecular flexibility index (Phi) is 4.07. The second-order valence-corrected chi connectivity index (χ2v) is 7.36. The third kappa shape index (κ3) is 2.58. The van der Waals surface area contributed by atoms with Crippen molar-refractivity contribution in [3.8, 4) is 11.5 Å². The first-order valence-corrected chi connectivity index (χ1v) is 9.65. The van der Waals surface area contributed by atoms with Crippen LogP contribution in [0.2, 0.25) is 0 Å². The van der Waals surface area contributed by atoms with Crippen LogP contribution in [0.1, 0.15) is 32.6 Å². The number of phenols is 2. The van der Waals surface area contributed by atoms with Crippen molar-refractivity contribution in [2.45, 2.75) is 6.42 Å². The molecule has 0 spiro atoms. The van der Waals surface area contributed by atoms with Gasteiger partial charge in [-0.05, 0) is 11.1 Å². The van der Waals surface area contributed by atoms with Crippen molar-refractivity contribution < 1.29 is 20.1 Å². The van der Waals surface area contributed by atoms with Gasteiger partial charge in [0.25, 0.3) is 0 Å². The fraction of sp³-hybridized carbons (Fsp3) is 0.0385. The van der Waals surface area contributed by atoms with Crippen LogP contribution in [0.5, 0.6) is 11.5 Å². The molecule has 4 aromatic rings. The number of hydrogen-bond donors (Lipinski definition) is 3. The number of aromatic hydroxyl groups is 2. The number of aliphatic hydroxyl groups excluding tert-OH is 1. The van der Waals surface area contributed by atoms with Crippen molar-refractivity contribution in [2.75, 3.05) is 0 Å². The molecule has 4 aromatic carbocycles. The number of hydrogen-bond acceptors (Lipinski definition) is 4. The SMILES string of the molecule is O=C1C(c2ccccc2)=C(O)c2cccc3c(O)c(Cc4ccccc4)c(O)c1c23. The Morgan fingerprint density at radius 2 is 1.37 bits per heavy atom. The molecule has 1 aliphatic rings. The summed E-state index contributed by atoms with van der Waals surface area (Å²) in [7, 11) is 0. The van der Waals surface area contributed by atoms with Gasteiger partial charge in [-0.2, -0.15) is 0 Å². The minimum absolute atomic E-state index is 0.0827. The average Bonchev–Trinajstić information content (AvgIpc) is 2.77. The Morgan fingerprint density at radius 1 is 0.700 bits per heavy atom. The molecule has 1 aliphatic carbocycles. The van der Waals surface area contributed by atoms with Crippen LogP contribution in [0.15, 0.2) is 78.9 Å². The molecular formula is C26H18O4. The summed E-state index contributed by atoms with van der Waals surface area (Å²) in [5.41, 5.74) is 2.43. The molecule has 0 saturated heterocycles. The molecule has 4 nitrogen and oxygen atoms in total. The molecule has 5 rings (SSSR count). The first-order valence-electron chi connectivity index (χ1n) is 9.65. The number of carbonyl (C=O) groups is 1. The van der Waals surface area contributed by atoms with Gasteiger partial charge in [0.1, 0.15) is 17.3 Å². The fourth-order valence-electron chi connectivity index (χ4n) is 4.19. The summed E-state index contributed by atoms with van der Waals surface area (Å²) in [6, 6.07) is 23.4. The van der Waals surface area contributed by atoms with E-state index in [-0.39, 0.29) is 34.8 Å². The van der Waals surface area contributed by atoms with Crippen molar-refractivity contribution in [1.82, 2.24) is 0 Å². The Balaban J connectivity index is 1.81. The van der Waals surface area contributed by atoms with E-state index >= 15 is 0 Å². The monoisotopic (exact) mass is 394 g/mol. The van der Waals surface area contributed by atoms with E-state index in [4.69, 9.17) is 0 Å². The van der Waals surface area contributed by atoms with Gasteiger partial charge in [0.15, 0.2) is 0 Å². The van der Waals surface area contributed by atoms with Crippen LogP contribution in [0.3, 0.4) is 0 Å². The van der Waals surface area contributed by atoms with Gasteiger partial charge in [-0.3, -0.25) is 4.79 Å². The molecule has 0 unspecified atom stereocenters. The summed E-state index contributed by atoms with van der Waals surface area (Å²) in [5, 5.41) is 33.8. The van der Waals surface area contributed by atoms with Gasteiger partial charge < -0.3 is 15.3 Å². The normalized spacial score (nSPS) is 13.1. The first-order chi connectivity index (χ1) is 14.6. The summed E-state index contributed by atoms with van der Waals surface area (Å²) in [4.78, 5) is 13.5. The van der Waals surface area contributed by atoms with Gasteiger partial charge in [0.05, 0.1) is 11.1 Å². The molecule has 0 aromatic heterocycles. The molecule has 30 heavy (non-hydrogen) atoms. The number of aliphatic hydroxyl groups is 1. The van der Waals surface area contributed by atoms with Gasteiger partial charge in [0.2, 0.25) is 5.78 Å². The Hall–Kier alpha value is -4.05. The molecule has 0 amide bonds. The van der Waals surface area contributed by atoms with Crippen LogP contribution in [-0.2, 0) is 6.42 Å². The smallest absolute Gasteiger partial charge is 0.201 e. The van der Waals surface area contributed by atoms with Gasteiger partial charge in [-0.15, -0.1) is 0 Å². The highest BCUT2D eigenvalue weighted by Crippen LogP contribution is 2.48.